The highest BCUT2D eigenvalue weighted by molar-refractivity contribution is 7.09. The summed E-state index contributed by atoms with van der Waals surface area (Å²) in [6.07, 6.45) is 3.82. The van der Waals surface area contributed by atoms with Crippen LogP contribution in [-0.4, -0.2) is 41.4 Å². The minimum atomic E-state index is -0.519. The molecule has 24 heavy (non-hydrogen) atoms. The Morgan fingerprint density at radius 1 is 1.42 bits per heavy atom. The van der Waals surface area contributed by atoms with E-state index in [0.717, 1.165) is 24.4 Å². The van der Waals surface area contributed by atoms with E-state index in [1.807, 2.05) is 10.3 Å². The summed E-state index contributed by atoms with van der Waals surface area (Å²) in [5.41, 5.74) is 5.61. The second kappa shape index (κ2) is 7.44. The lowest BCUT2D eigenvalue weighted by atomic mass is 9.99. The number of ether oxygens (including phenoxy) is 1. The molecule has 1 aromatic heterocycles. The van der Waals surface area contributed by atoms with Gasteiger partial charge in [0.2, 0.25) is 5.91 Å². The number of carbonyl (C=O) groups excluding carboxylic acids is 2. The minimum Gasteiger partial charge on any atom is -0.484 e. The number of piperidine rings is 1. The Balaban J connectivity index is 1.57. The van der Waals surface area contributed by atoms with Gasteiger partial charge < -0.3 is 15.4 Å². The van der Waals surface area contributed by atoms with Crippen LogP contribution in [0.3, 0.4) is 0 Å². The minimum absolute atomic E-state index is 0.0488. The number of aromatic nitrogens is 1. The van der Waals surface area contributed by atoms with Gasteiger partial charge in [-0.15, -0.1) is 11.3 Å². The number of rotatable bonds is 5. The second-order valence-electron chi connectivity index (χ2n) is 5.73. The van der Waals surface area contributed by atoms with Gasteiger partial charge >= 0.3 is 0 Å². The number of thiazole rings is 1. The monoisotopic (exact) mass is 345 g/mol. The molecule has 6 nitrogen and oxygen atoms in total. The smallest absolute Gasteiger partial charge is 0.260 e. The number of likely N-dealkylation sites (tertiary alicyclic amines) is 1. The Labute approximate surface area is 144 Å². The Bertz CT molecular complexity index is 718. The molecule has 2 N–H and O–H groups in total. The van der Waals surface area contributed by atoms with Gasteiger partial charge in [0.05, 0.1) is 5.01 Å². The molecule has 2 heterocycles. The fourth-order valence-corrected chi connectivity index (χ4v) is 3.58. The quantitative estimate of drug-likeness (QED) is 0.898. The highest BCUT2D eigenvalue weighted by atomic mass is 32.1. The van der Waals surface area contributed by atoms with Crippen LogP contribution in [0.25, 0.3) is 0 Å². The van der Waals surface area contributed by atoms with Gasteiger partial charge in [0.1, 0.15) is 5.75 Å². The SMILES string of the molecule is NC(=O)c1cccc(OCC(=O)N2CCCC(c3nccs3)C2)c1. The largest absolute Gasteiger partial charge is 0.484 e. The average Bonchev–Trinajstić information content (AvgIpc) is 3.15. The molecule has 0 aliphatic carbocycles. The van der Waals surface area contributed by atoms with E-state index in [1.165, 1.54) is 0 Å². The topological polar surface area (TPSA) is 85.5 Å². The summed E-state index contributed by atoms with van der Waals surface area (Å²) in [4.78, 5) is 29.8. The maximum atomic E-state index is 12.4. The average molecular weight is 345 g/mol. The molecule has 0 bridgehead atoms. The lowest BCUT2D eigenvalue weighted by Crippen LogP contribution is -2.41. The Morgan fingerprint density at radius 2 is 2.29 bits per heavy atom. The van der Waals surface area contributed by atoms with E-state index in [4.69, 9.17) is 10.5 Å². The van der Waals surface area contributed by atoms with Crippen molar-refractivity contribution in [3.05, 3.63) is 46.4 Å². The molecule has 1 aromatic carbocycles. The number of nitrogens with zero attached hydrogens (tertiary/aromatic N) is 2. The molecule has 7 heteroatoms. The maximum absolute atomic E-state index is 12.4. The van der Waals surface area contributed by atoms with Gasteiger partial charge in [-0.25, -0.2) is 4.98 Å². The predicted octanol–water partition coefficient (Wildman–Crippen LogP) is 2.03. The molecule has 126 valence electrons. The van der Waals surface area contributed by atoms with E-state index in [2.05, 4.69) is 4.98 Å². The fraction of sp³-hybridized carbons (Fsp3) is 0.353. The molecule has 3 rings (SSSR count). The van der Waals surface area contributed by atoms with Crippen LogP contribution in [0.1, 0.15) is 34.1 Å². The molecule has 0 spiro atoms. The molecule has 1 aliphatic rings. The summed E-state index contributed by atoms with van der Waals surface area (Å²) in [6.45, 7) is 1.37. The summed E-state index contributed by atoms with van der Waals surface area (Å²) < 4.78 is 5.53. The number of primary amides is 1. The third-order valence-corrected chi connectivity index (χ3v) is 4.99. The zero-order valence-corrected chi connectivity index (χ0v) is 14.0. The zero-order valence-electron chi connectivity index (χ0n) is 13.2. The first-order chi connectivity index (χ1) is 11.6. The third-order valence-electron chi connectivity index (χ3n) is 4.06. The van der Waals surface area contributed by atoms with Crippen LogP contribution in [0.15, 0.2) is 35.8 Å². The number of benzene rings is 1. The predicted molar refractivity (Wildman–Crippen MR) is 91.1 cm³/mol. The van der Waals surface area contributed by atoms with E-state index in [0.29, 0.717) is 23.8 Å². The zero-order chi connectivity index (χ0) is 16.9. The summed E-state index contributed by atoms with van der Waals surface area (Å²) in [6, 6.07) is 6.54. The number of hydrogen-bond donors (Lipinski definition) is 1. The lowest BCUT2D eigenvalue weighted by Gasteiger charge is -2.31. The first kappa shape index (κ1) is 16.4. The number of amides is 2. The van der Waals surface area contributed by atoms with Crippen molar-refractivity contribution in [2.75, 3.05) is 19.7 Å². The number of hydrogen-bond acceptors (Lipinski definition) is 5. The number of carbonyl (C=O) groups is 2. The molecule has 0 saturated carbocycles. The van der Waals surface area contributed by atoms with Crippen molar-refractivity contribution < 1.29 is 14.3 Å². The van der Waals surface area contributed by atoms with Gasteiger partial charge in [-0.3, -0.25) is 9.59 Å². The van der Waals surface area contributed by atoms with E-state index in [1.54, 1.807) is 41.8 Å². The molecule has 1 fully saturated rings. The summed E-state index contributed by atoms with van der Waals surface area (Å²) in [5.74, 6) is 0.198. The molecule has 1 atom stereocenters. The van der Waals surface area contributed by atoms with Gasteiger partial charge in [-0.1, -0.05) is 6.07 Å². The molecule has 1 aliphatic heterocycles. The normalized spacial score (nSPS) is 17.5. The van der Waals surface area contributed by atoms with Crippen molar-refractivity contribution in [3.8, 4) is 5.75 Å². The van der Waals surface area contributed by atoms with Crippen LogP contribution in [0, 0.1) is 0 Å². The molecule has 2 amide bonds. The molecule has 0 radical (unpaired) electrons. The van der Waals surface area contributed by atoms with Crippen molar-refractivity contribution in [3.63, 3.8) is 0 Å². The number of nitrogens with two attached hydrogens (primary N) is 1. The van der Waals surface area contributed by atoms with E-state index < -0.39 is 5.91 Å². The molecular weight excluding hydrogens is 326 g/mol. The summed E-state index contributed by atoms with van der Waals surface area (Å²) >= 11 is 1.63. The van der Waals surface area contributed by atoms with Crippen molar-refractivity contribution in [1.82, 2.24) is 9.88 Å². The van der Waals surface area contributed by atoms with Gasteiger partial charge in [0.25, 0.3) is 5.91 Å². The standard InChI is InChI=1S/C17H19N3O3S/c18-16(22)12-3-1-5-14(9-12)23-11-15(21)20-7-2-4-13(10-20)17-19-6-8-24-17/h1,3,5-6,8-9,13H,2,4,7,10-11H2,(H2,18,22). The van der Waals surface area contributed by atoms with Gasteiger partial charge in [-0.05, 0) is 31.0 Å². The van der Waals surface area contributed by atoms with Gasteiger partial charge in [0, 0.05) is 36.1 Å². The van der Waals surface area contributed by atoms with E-state index >= 15 is 0 Å². The van der Waals surface area contributed by atoms with Crippen LogP contribution >= 0.6 is 11.3 Å². The molecular formula is C17H19N3O3S. The van der Waals surface area contributed by atoms with Crippen LogP contribution in [-0.2, 0) is 4.79 Å². The first-order valence-electron chi connectivity index (χ1n) is 7.83. The van der Waals surface area contributed by atoms with Crippen LogP contribution in [0.4, 0.5) is 0 Å². The molecule has 1 saturated heterocycles. The van der Waals surface area contributed by atoms with E-state index in [-0.39, 0.29) is 12.5 Å². The summed E-state index contributed by atoms with van der Waals surface area (Å²) in [5, 5.41) is 3.05. The van der Waals surface area contributed by atoms with Crippen molar-refractivity contribution in [1.29, 1.82) is 0 Å². The van der Waals surface area contributed by atoms with Crippen molar-refractivity contribution in [2.24, 2.45) is 5.73 Å². The first-order valence-corrected chi connectivity index (χ1v) is 8.71. The van der Waals surface area contributed by atoms with Crippen molar-refractivity contribution >= 4 is 23.2 Å². The molecule has 1 unspecified atom stereocenters. The third kappa shape index (κ3) is 3.91. The van der Waals surface area contributed by atoms with Gasteiger partial charge in [-0.2, -0.15) is 0 Å². The Kier molecular flexibility index (Phi) is 5.10. The van der Waals surface area contributed by atoms with Crippen LogP contribution in [0.2, 0.25) is 0 Å². The lowest BCUT2D eigenvalue weighted by molar-refractivity contribution is -0.134. The van der Waals surface area contributed by atoms with Gasteiger partial charge in [0.15, 0.2) is 6.61 Å². The fourth-order valence-electron chi connectivity index (χ4n) is 2.82. The highest BCUT2D eigenvalue weighted by Crippen LogP contribution is 2.28. The van der Waals surface area contributed by atoms with Crippen LogP contribution < -0.4 is 10.5 Å². The Hall–Kier alpha value is -2.41. The van der Waals surface area contributed by atoms with Crippen molar-refractivity contribution in [2.45, 2.75) is 18.8 Å². The maximum Gasteiger partial charge on any atom is 0.260 e. The highest BCUT2D eigenvalue weighted by Gasteiger charge is 2.26. The Morgan fingerprint density at radius 3 is 3.04 bits per heavy atom. The van der Waals surface area contributed by atoms with E-state index in [9.17, 15) is 9.59 Å². The second-order valence-corrected chi connectivity index (χ2v) is 6.66. The summed E-state index contributed by atoms with van der Waals surface area (Å²) in [7, 11) is 0. The molecule has 2 aromatic rings. The van der Waals surface area contributed by atoms with Crippen LogP contribution in [0.5, 0.6) is 5.75 Å².